The molecule has 1 saturated heterocycles. The molecule has 2 amide bonds. The number of rotatable bonds is 2. The van der Waals surface area contributed by atoms with E-state index >= 15 is 0 Å². The molecule has 0 radical (unpaired) electrons. The third-order valence-corrected chi connectivity index (χ3v) is 1.36. The van der Waals surface area contributed by atoms with Gasteiger partial charge in [0.1, 0.15) is 0 Å². The van der Waals surface area contributed by atoms with Crippen molar-refractivity contribution in [1.82, 2.24) is 10.6 Å². The zero-order chi connectivity index (χ0) is 6.69. The van der Waals surface area contributed by atoms with Gasteiger partial charge in [-0.25, -0.2) is 4.79 Å². The molecule has 0 aromatic carbocycles. The summed E-state index contributed by atoms with van der Waals surface area (Å²) in [5.74, 6) is 0. The van der Waals surface area contributed by atoms with E-state index in [4.69, 9.17) is 5.73 Å². The summed E-state index contributed by atoms with van der Waals surface area (Å²) in [6.07, 6.45) is 0.860. The predicted octanol–water partition coefficient (Wildman–Crippen LogP) is -0.983. The van der Waals surface area contributed by atoms with Crippen molar-refractivity contribution in [3.8, 4) is 0 Å². The fourth-order valence-corrected chi connectivity index (χ4v) is 0.879. The minimum atomic E-state index is -0.0755. The molecule has 4 heteroatoms. The first-order valence-corrected chi connectivity index (χ1v) is 3.07. The quantitative estimate of drug-likeness (QED) is 0.448. The van der Waals surface area contributed by atoms with Crippen LogP contribution in [-0.2, 0) is 0 Å². The van der Waals surface area contributed by atoms with Crippen molar-refractivity contribution in [3.05, 3.63) is 0 Å². The molecule has 4 nitrogen and oxygen atoms in total. The number of urea groups is 1. The maximum atomic E-state index is 10.5. The Bertz CT molecular complexity index is 115. The molecule has 0 saturated carbocycles. The van der Waals surface area contributed by atoms with Gasteiger partial charge in [-0.1, -0.05) is 0 Å². The van der Waals surface area contributed by atoms with Gasteiger partial charge >= 0.3 is 6.03 Å². The second-order valence-corrected chi connectivity index (χ2v) is 2.13. The predicted molar refractivity (Wildman–Crippen MR) is 34.0 cm³/mol. The molecular weight excluding hydrogens is 118 g/mol. The van der Waals surface area contributed by atoms with Gasteiger partial charge in [0.05, 0.1) is 0 Å². The van der Waals surface area contributed by atoms with Crippen molar-refractivity contribution >= 4 is 6.03 Å². The molecule has 1 aliphatic heterocycles. The van der Waals surface area contributed by atoms with Crippen molar-refractivity contribution in [1.29, 1.82) is 0 Å². The fourth-order valence-electron chi connectivity index (χ4n) is 0.879. The normalized spacial score (nSPS) is 25.4. The summed E-state index contributed by atoms with van der Waals surface area (Å²) < 4.78 is 0. The second kappa shape index (κ2) is 2.68. The molecule has 0 aliphatic carbocycles. The standard InChI is InChI=1S/C5H11N3O/c6-2-1-4-3-7-5(9)8-4/h4H,1-3,6H2,(H2,7,8,9). The van der Waals surface area contributed by atoms with Gasteiger partial charge in [0.25, 0.3) is 0 Å². The summed E-state index contributed by atoms with van der Waals surface area (Å²) in [6.45, 7) is 1.35. The molecule has 1 heterocycles. The highest BCUT2D eigenvalue weighted by Gasteiger charge is 2.17. The lowest BCUT2D eigenvalue weighted by Gasteiger charge is -2.03. The Kier molecular flexibility index (Phi) is 1.89. The Hall–Kier alpha value is -0.770. The highest BCUT2D eigenvalue weighted by Crippen LogP contribution is 1.93. The molecule has 1 atom stereocenters. The number of amides is 2. The monoisotopic (exact) mass is 129 g/mol. The van der Waals surface area contributed by atoms with E-state index in [-0.39, 0.29) is 12.1 Å². The van der Waals surface area contributed by atoms with Crippen LogP contribution in [0.3, 0.4) is 0 Å². The first kappa shape index (κ1) is 6.35. The van der Waals surface area contributed by atoms with Crippen molar-refractivity contribution in [3.63, 3.8) is 0 Å². The van der Waals surface area contributed by atoms with E-state index < -0.39 is 0 Å². The molecule has 1 fully saturated rings. The smallest absolute Gasteiger partial charge is 0.315 e. The third kappa shape index (κ3) is 1.57. The maximum absolute atomic E-state index is 10.5. The molecule has 0 bridgehead atoms. The largest absolute Gasteiger partial charge is 0.336 e. The number of carbonyl (C=O) groups is 1. The van der Waals surface area contributed by atoms with Gasteiger partial charge in [-0.05, 0) is 13.0 Å². The average molecular weight is 129 g/mol. The van der Waals surface area contributed by atoms with Gasteiger partial charge < -0.3 is 16.4 Å². The Morgan fingerprint density at radius 2 is 2.56 bits per heavy atom. The molecule has 52 valence electrons. The van der Waals surface area contributed by atoms with E-state index in [0.717, 1.165) is 13.0 Å². The van der Waals surface area contributed by atoms with Gasteiger partial charge in [-0.3, -0.25) is 0 Å². The van der Waals surface area contributed by atoms with Crippen LogP contribution in [-0.4, -0.2) is 25.2 Å². The lowest BCUT2D eigenvalue weighted by molar-refractivity contribution is 0.247. The lowest BCUT2D eigenvalue weighted by atomic mass is 10.2. The first-order valence-electron chi connectivity index (χ1n) is 3.07. The summed E-state index contributed by atoms with van der Waals surface area (Å²) in [7, 11) is 0. The van der Waals surface area contributed by atoms with E-state index in [1.54, 1.807) is 0 Å². The topological polar surface area (TPSA) is 67.1 Å². The average Bonchev–Trinajstić information content (AvgIpc) is 2.17. The van der Waals surface area contributed by atoms with Crippen LogP contribution in [0.15, 0.2) is 0 Å². The molecule has 0 spiro atoms. The van der Waals surface area contributed by atoms with E-state index in [9.17, 15) is 4.79 Å². The summed E-state index contributed by atoms with van der Waals surface area (Å²) in [5.41, 5.74) is 5.27. The Labute approximate surface area is 53.8 Å². The number of hydrogen-bond donors (Lipinski definition) is 3. The number of nitrogens with one attached hydrogen (secondary N) is 2. The van der Waals surface area contributed by atoms with Gasteiger partial charge in [-0.15, -0.1) is 0 Å². The van der Waals surface area contributed by atoms with Crippen LogP contribution in [0.4, 0.5) is 4.79 Å². The van der Waals surface area contributed by atoms with E-state index in [2.05, 4.69) is 10.6 Å². The zero-order valence-corrected chi connectivity index (χ0v) is 5.18. The summed E-state index contributed by atoms with van der Waals surface area (Å²) >= 11 is 0. The van der Waals surface area contributed by atoms with Crippen LogP contribution in [0.5, 0.6) is 0 Å². The Morgan fingerprint density at radius 3 is 3.00 bits per heavy atom. The van der Waals surface area contributed by atoms with E-state index in [1.807, 2.05) is 0 Å². The van der Waals surface area contributed by atoms with Crippen LogP contribution in [0, 0.1) is 0 Å². The highest BCUT2D eigenvalue weighted by atomic mass is 16.2. The molecule has 0 aromatic heterocycles. The minimum absolute atomic E-state index is 0.0755. The van der Waals surface area contributed by atoms with Crippen LogP contribution in [0.2, 0.25) is 0 Å². The molecular formula is C5H11N3O. The van der Waals surface area contributed by atoms with E-state index in [0.29, 0.717) is 6.54 Å². The van der Waals surface area contributed by atoms with Gasteiger partial charge in [-0.2, -0.15) is 0 Å². The van der Waals surface area contributed by atoms with Crippen molar-refractivity contribution in [2.24, 2.45) is 5.73 Å². The summed E-state index contributed by atoms with van der Waals surface area (Å²) in [4.78, 5) is 10.5. The van der Waals surface area contributed by atoms with Gasteiger partial charge in [0.15, 0.2) is 0 Å². The third-order valence-electron chi connectivity index (χ3n) is 1.36. The molecule has 1 rings (SSSR count). The SMILES string of the molecule is NCCC1CNC(=O)N1. The number of hydrogen-bond acceptors (Lipinski definition) is 2. The van der Waals surface area contributed by atoms with Gasteiger partial charge in [0, 0.05) is 12.6 Å². The number of carbonyl (C=O) groups excluding carboxylic acids is 1. The Morgan fingerprint density at radius 1 is 1.78 bits per heavy atom. The summed E-state index contributed by atoms with van der Waals surface area (Å²) in [6, 6.07) is 0.177. The number of nitrogens with two attached hydrogens (primary N) is 1. The fraction of sp³-hybridized carbons (Fsp3) is 0.800. The molecule has 4 N–H and O–H groups in total. The van der Waals surface area contributed by atoms with Crippen LogP contribution >= 0.6 is 0 Å². The Balaban J connectivity index is 2.22. The summed E-state index contributed by atoms with van der Waals surface area (Å²) in [5, 5.41) is 5.37. The second-order valence-electron chi connectivity index (χ2n) is 2.13. The molecule has 0 aromatic rings. The highest BCUT2D eigenvalue weighted by molar-refractivity contribution is 5.76. The molecule has 9 heavy (non-hydrogen) atoms. The van der Waals surface area contributed by atoms with Crippen molar-refractivity contribution in [2.45, 2.75) is 12.5 Å². The van der Waals surface area contributed by atoms with Crippen molar-refractivity contribution < 1.29 is 4.79 Å². The maximum Gasteiger partial charge on any atom is 0.315 e. The zero-order valence-electron chi connectivity index (χ0n) is 5.18. The van der Waals surface area contributed by atoms with E-state index in [1.165, 1.54) is 0 Å². The first-order chi connectivity index (χ1) is 4.33. The minimum Gasteiger partial charge on any atom is -0.336 e. The molecule has 1 unspecified atom stereocenters. The van der Waals surface area contributed by atoms with Crippen molar-refractivity contribution in [2.75, 3.05) is 13.1 Å². The van der Waals surface area contributed by atoms with Crippen LogP contribution in [0.1, 0.15) is 6.42 Å². The van der Waals surface area contributed by atoms with Crippen LogP contribution in [0.25, 0.3) is 0 Å². The van der Waals surface area contributed by atoms with Gasteiger partial charge in [0.2, 0.25) is 0 Å². The molecule has 1 aliphatic rings. The lowest BCUT2D eigenvalue weighted by Crippen LogP contribution is -2.28. The van der Waals surface area contributed by atoms with Crippen LogP contribution < -0.4 is 16.4 Å².